The number of anilines is 4. The third kappa shape index (κ3) is 5.78. The fourth-order valence-electron chi connectivity index (χ4n) is 4.11. The van der Waals surface area contributed by atoms with E-state index >= 15 is 0 Å². The fraction of sp³-hybridized carbons (Fsp3) is 0.308. The average Bonchev–Trinajstić information content (AvgIpc) is 3.41. The second-order valence-corrected chi connectivity index (χ2v) is 8.60. The van der Waals surface area contributed by atoms with Crippen molar-refractivity contribution in [2.75, 3.05) is 36.9 Å². The largest absolute Gasteiger partial charge is 0.472 e. The molecule has 1 amide bonds. The summed E-state index contributed by atoms with van der Waals surface area (Å²) < 4.78 is 11.3. The van der Waals surface area contributed by atoms with Gasteiger partial charge >= 0.3 is 0 Å². The van der Waals surface area contributed by atoms with E-state index in [0.29, 0.717) is 48.7 Å². The first-order valence-corrected chi connectivity index (χ1v) is 12.0. The summed E-state index contributed by atoms with van der Waals surface area (Å²) in [6, 6.07) is 9.80. The SMILES string of the molecule is C=CCNC(=O)c1cnc(Nc2ccc3c(c2)CCNC3)nc1Nc1ccnc(OC2CCOC2)c1. The number of benzene rings is 1. The van der Waals surface area contributed by atoms with Crippen molar-refractivity contribution in [3.8, 4) is 5.88 Å². The van der Waals surface area contributed by atoms with Crippen molar-refractivity contribution in [3.63, 3.8) is 0 Å². The summed E-state index contributed by atoms with van der Waals surface area (Å²) in [6.07, 6.45) is 6.55. The van der Waals surface area contributed by atoms with E-state index in [9.17, 15) is 4.79 Å². The molecule has 1 aromatic carbocycles. The van der Waals surface area contributed by atoms with Crippen molar-refractivity contribution < 1.29 is 14.3 Å². The highest BCUT2D eigenvalue weighted by atomic mass is 16.5. The van der Waals surface area contributed by atoms with Gasteiger partial charge in [0.15, 0.2) is 0 Å². The lowest BCUT2D eigenvalue weighted by atomic mass is 10.0. The quantitative estimate of drug-likeness (QED) is 0.337. The summed E-state index contributed by atoms with van der Waals surface area (Å²) >= 11 is 0. The lowest BCUT2D eigenvalue weighted by Crippen LogP contribution is -2.25. The Morgan fingerprint density at radius 3 is 2.97 bits per heavy atom. The smallest absolute Gasteiger partial charge is 0.256 e. The summed E-state index contributed by atoms with van der Waals surface area (Å²) in [4.78, 5) is 26.1. The van der Waals surface area contributed by atoms with Crippen LogP contribution in [0.4, 0.5) is 23.1 Å². The molecule has 4 N–H and O–H groups in total. The summed E-state index contributed by atoms with van der Waals surface area (Å²) in [5, 5.41) is 12.7. The molecule has 1 saturated heterocycles. The molecular weight excluding hydrogens is 458 g/mol. The number of aromatic nitrogens is 3. The minimum atomic E-state index is -0.307. The molecule has 1 atom stereocenters. The van der Waals surface area contributed by atoms with Gasteiger partial charge in [-0.25, -0.2) is 9.97 Å². The van der Waals surface area contributed by atoms with Crippen LogP contribution in [-0.4, -0.2) is 53.3 Å². The number of amides is 1. The van der Waals surface area contributed by atoms with Crippen molar-refractivity contribution in [3.05, 3.63) is 72.1 Å². The molecule has 10 nitrogen and oxygen atoms in total. The van der Waals surface area contributed by atoms with Crippen molar-refractivity contribution in [2.24, 2.45) is 0 Å². The Morgan fingerprint density at radius 1 is 1.19 bits per heavy atom. The van der Waals surface area contributed by atoms with Crippen LogP contribution >= 0.6 is 0 Å². The van der Waals surface area contributed by atoms with Crippen molar-refractivity contribution in [2.45, 2.75) is 25.5 Å². The number of carbonyl (C=O) groups excluding carboxylic acids is 1. The third-order valence-electron chi connectivity index (χ3n) is 5.96. The number of carbonyl (C=O) groups is 1. The average molecular weight is 488 g/mol. The van der Waals surface area contributed by atoms with Crippen LogP contribution in [0.5, 0.6) is 5.88 Å². The normalized spacial score (nSPS) is 16.6. The molecular formula is C26H29N7O3. The number of fused-ring (bicyclic) bond motifs is 1. The Balaban J connectivity index is 1.39. The molecule has 0 bridgehead atoms. The van der Waals surface area contributed by atoms with Gasteiger partial charge in [-0.2, -0.15) is 4.98 Å². The van der Waals surface area contributed by atoms with Crippen molar-refractivity contribution >= 4 is 29.0 Å². The number of ether oxygens (including phenoxy) is 2. The molecule has 2 aliphatic heterocycles. The molecule has 186 valence electrons. The lowest BCUT2D eigenvalue weighted by Gasteiger charge is -2.18. The van der Waals surface area contributed by atoms with Gasteiger partial charge in [-0.3, -0.25) is 4.79 Å². The monoisotopic (exact) mass is 487 g/mol. The van der Waals surface area contributed by atoms with Gasteiger partial charge in [-0.1, -0.05) is 12.1 Å². The summed E-state index contributed by atoms with van der Waals surface area (Å²) in [7, 11) is 0. The van der Waals surface area contributed by atoms with E-state index < -0.39 is 0 Å². The lowest BCUT2D eigenvalue weighted by molar-refractivity contribution is 0.0958. The minimum Gasteiger partial charge on any atom is -0.472 e. The Kier molecular flexibility index (Phi) is 7.34. The molecule has 36 heavy (non-hydrogen) atoms. The molecule has 0 saturated carbocycles. The van der Waals surface area contributed by atoms with Gasteiger partial charge in [0.2, 0.25) is 11.8 Å². The molecule has 3 aromatic rings. The van der Waals surface area contributed by atoms with Crippen LogP contribution in [-0.2, 0) is 17.7 Å². The first-order valence-electron chi connectivity index (χ1n) is 12.0. The van der Waals surface area contributed by atoms with Gasteiger partial charge in [0.25, 0.3) is 5.91 Å². The molecule has 2 aliphatic rings. The Bertz CT molecular complexity index is 1240. The standard InChI is InChI=1S/C26H29N7O3/c1-2-8-29-25(34)22-15-30-26(32-19-4-3-18-14-27-9-5-17(18)12-19)33-24(22)31-20-6-10-28-23(13-20)36-21-7-11-35-16-21/h2-4,6,10,12-13,15,21,27H,1,5,7-9,11,14,16H2,(H,29,34)(H2,28,30,31,32,33). The molecule has 2 aromatic heterocycles. The number of nitrogens with zero attached hydrogens (tertiary/aromatic N) is 3. The molecule has 4 heterocycles. The molecule has 1 unspecified atom stereocenters. The summed E-state index contributed by atoms with van der Waals surface area (Å²) in [5.74, 6) is 0.904. The first kappa shape index (κ1) is 23.7. The van der Waals surface area contributed by atoms with E-state index in [4.69, 9.17) is 9.47 Å². The van der Waals surface area contributed by atoms with E-state index in [0.717, 1.165) is 31.6 Å². The van der Waals surface area contributed by atoms with Crippen LogP contribution < -0.4 is 26.0 Å². The Hall–Kier alpha value is -4.02. The van der Waals surface area contributed by atoms with Crippen LogP contribution in [0.2, 0.25) is 0 Å². The van der Waals surface area contributed by atoms with E-state index in [1.807, 2.05) is 6.07 Å². The zero-order valence-electron chi connectivity index (χ0n) is 19.9. The predicted molar refractivity (Wildman–Crippen MR) is 137 cm³/mol. The number of hydrogen-bond donors (Lipinski definition) is 4. The van der Waals surface area contributed by atoms with Gasteiger partial charge < -0.3 is 30.7 Å². The Labute approximate surface area is 209 Å². The minimum absolute atomic E-state index is 0.0183. The maximum absolute atomic E-state index is 12.8. The van der Waals surface area contributed by atoms with Crippen LogP contribution in [0.1, 0.15) is 27.9 Å². The van der Waals surface area contributed by atoms with Crippen LogP contribution in [0.3, 0.4) is 0 Å². The van der Waals surface area contributed by atoms with Gasteiger partial charge in [0.1, 0.15) is 17.5 Å². The van der Waals surface area contributed by atoms with Crippen LogP contribution in [0.25, 0.3) is 0 Å². The maximum atomic E-state index is 12.8. The molecule has 5 rings (SSSR count). The molecule has 0 aliphatic carbocycles. The second-order valence-electron chi connectivity index (χ2n) is 8.60. The highest BCUT2D eigenvalue weighted by molar-refractivity contribution is 5.99. The van der Waals surface area contributed by atoms with Gasteiger partial charge in [-0.15, -0.1) is 6.58 Å². The third-order valence-corrected chi connectivity index (χ3v) is 5.96. The van der Waals surface area contributed by atoms with E-state index in [1.165, 1.54) is 17.3 Å². The number of pyridine rings is 1. The van der Waals surface area contributed by atoms with E-state index in [1.54, 1.807) is 24.4 Å². The highest BCUT2D eigenvalue weighted by Gasteiger charge is 2.19. The number of rotatable bonds is 9. The van der Waals surface area contributed by atoms with Gasteiger partial charge in [-0.05, 0) is 42.3 Å². The highest BCUT2D eigenvalue weighted by Crippen LogP contribution is 2.25. The molecule has 1 fully saturated rings. The van der Waals surface area contributed by atoms with Crippen molar-refractivity contribution in [1.29, 1.82) is 0 Å². The van der Waals surface area contributed by atoms with Crippen LogP contribution in [0.15, 0.2) is 55.4 Å². The van der Waals surface area contributed by atoms with E-state index in [2.05, 4.69) is 54.9 Å². The predicted octanol–water partition coefficient (Wildman–Crippen LogP) is 3.09. The zero-order chi connectivity index (χ0) is 24.7. The zero-order valence-corrected chi connectivity index (χ0v) is 19.9. The van der Waals surface area contributed by atoms with Gasteiger partial charge in [0, 0.05) is 49.3 Å². The second kappa shape index (κ2) is 11.1. The molecule has 0 radical (unpaired) electrons. The van der Waals surface area contributed by atoms with E-state index in [-0.39, 0.29) is 12.0 Å². The van der Waals surface area contributed by atoms with Gasteiger partial charge in [0.05, 0.1) is 13.2 Å². The number of hydrogen-bond acceptors (Lipinski definition) is 9. The molecule has 10 heteroatoms. The van der Waals surface area contributed by atoms with Crippen LogP contribution in [0, 0.1) is 0 Å². The maximum Gasteiger partial charge on any atom is 0.256 e. The number of nitrogens with one attached hydrogen (secondary N) is 4. The van der Waals surface area contributed by atoms with Crippen molar-refractivity contribution in [1.82, 2.24) is 25.6 Å². The molecule has 0 spiro atoms. The first-order chi connectivity index (χ1) is 17.7. The summed E-state index contributed by atoms with van der Waals surface area (Å²) in [6.45, 7) is 7.05. The fourth-order valence-corrected chi connectivity index (χ4v) is 4.11. The Morgan fingerprint density at radius 2 is 2.11 bits per heavy atom. The topological polar surface area (TPSA) is 122 Å². The summed E-state index contributed by atoms with van der Waals surface area (Å²) in [5.41, 5.74) is 4.48.